The quantitative estimate of drug-likeness (QED) is 0.765. The normalized spacial score (nSPS) is 20.4. The van der Waals surface area contributed by atoms with Gasteiger partial charge < -0.3 is 5.32 Å². The summed E-state index contributed by atoms with van der Waals surface area (Å²) in [5, 5.41) is 3.23. The van der Waals surface area contributed by atoms with E-state index in [1.165, 1.54) is 0 Å². The van der Waals surface area contributed by atoms with Crippen LogP contribution >= 0.6 is 12.4 Å². The van der Waals surface area contributed by atoms with Crippen LogP contribution in [0.5, 0.6) is 0 Å². The van der Waals surface area contributed by atoms with E-state index in [2.05, 4.69) is 5.32 Å². The Kier molecular flexibility index (Phi) is 8.38. The first-order valence-corrected chi connectivity index (χ1v) is 7.95. The van der Waals surface area contributed by atoms with Crippen molar-refractivity contribution in [3.8, 4) is 0 Å². The predicted molar refractivity (Wildman–Crippen MR) is 77.4 cm³/mol. The molecule has 1 aliphatic heterocycles. The first-order valence-electron chi connectivity index (χ1n) is 6.55. The van der Waals surface area contributed by atoms with E-state index in [4.69, 9.17) is 0 Å². The van der Waals surface area contributed by atoms with Crippen LogP contribution in [-0.4, -0.2) is 55.8 Å². The lowest BCUT2D eigenvalue weighted by Crippen LogP contribution is -2.49. The fraction of sp³-hybridized carbons (Fsp3) is 1.00. The van der Waals surface area contributed by atoms with E-state index in [1.807, 2.05) is 20.8 Å². The third-order valence-corrected chi connectivity index (χ3v) is 5.46. The minimum Gasteiger partial charge on any atom is -0.315 e. The van der Waals surface area contributed by atoms with Gasteiger partial charge in [-0.2, -0.15) is 17.0 Å². The lowest BCUT2D eigenvalue weighted by atomic mass is 10.2. The van der Waals surface area contributed by atoms with Gasteiger partial charge >= 0.3 is 0 Å². The van der Waals surface area contributed by atoms with Gasteiger partial charge in [0.15, 0.2) is 0 Å². The summed E-state index contributed by atoms with van der Waals surface area (Å²) in [6.45, 7) is 9.19. The molecule has 0 aromatic rings. The van der Waals surface area contributed by atoms with Gasteiger partial charge in [-0.3, -0.25) is 0 Å². The molecule has 0 aromatic carbocycles. The van der Waals surface area contributed by atoms with Crippen molar-refractivity contribution in [2.24, 2.45) is 0 Å². The van der Waals surface area contributed by atoms with Gasteiger partial charge in [0.25, 0.3) is 10.2 Å². The molecule has 0 saturated carbocycles. The number of nitrogens with zero attached hydrogens (tertiary/aromatic N) is 2. The van der Waals surface area contributed by atoms with Gasteiger partial charge in [-0.15, -0.1) is 12.4 Å². The summed E-state index contributed by atoms with van der Waals surface area (Å²) in [4.78, 5) is 0. The van der Waals surface area contributed by atoms with E-state index in [0.29, 0.717) is 19.6 Å². The number of rotatable bonds is 7. The highest BCUT2D eigenvalue weighted by molar-refractivity contribution is 7.86. The molecule has 110 valence electrons. The second-order valence-corrected chi connectivity index (χ2v) is 6.23. The van der Waals surface area contributed by atoms with Gasteiger partial charge in [-0.05, 0) is 19.4 Å². The molecule has 0 aromatic heterocycles. The van der Waals surface area contributed by atoms with Crippen molar-refractivity contribution in [3.05, 3.63) is 0 Å². The first kappa shape index (κ1) is 18.1. The van der Waals surface area contributed by atoms with Crippen LogP contribution in [0.4, 0.5) is 0 Å². The Morgan fingerprint density at radius 1 is 1.22 bits per heavy atom. The summed E-state index contributed by atoms with van der Waals surface area (Å²) >= 11 is 0. The summed E-state index contributed by atoms with van der Waals surface area (Å²) in [5.74, 6) is 0. The third kappa shape index (κ3) is 4.06. The van der Waals surface area contributed by atoms with Gasteiger partial charge in [0.1, 0.15) is 0 Å². The largest absolute Gasteiger partial charge is 0.315 e. The number of hydrogen-bond acceptors (Lipinski definition) is 3. The average Bonchev–Trinajstić information content (AvgIpc) is 2.80. The van der Waals surface area contributed by atoms with Crippen molar-refractivity contribution in [1.82, 2.24) is 13.9 Å². The molecule has 1 atom stereocenters. The van der Waals surface area contributed by atoms with E-state index >= 15 is 0 Å². The molecule has 0 bridgehead atoms. The minimum atomic E-state index is -3.28. The van der Waals surface area contributed by atoms with Crippen molar-refractivity contribution < 1.29 is 8.42 Å². The topological polar surface area (TPSA) is 52.7 Å². The zero-order chi connectivity index (χ0) is 12.9. The molecule has 0 aliphatic carbocycles. The second kappa shape index (κ2) is 8.32. The molecule has 0 amide bonds. The molecule has 1 heterocycles. The van der Waals surface area contributed by atoms with Crippen LogP contribution in [0, 0.1) is 0 Å². The molecular formula is C11H26ClN3O2S. The zero-order valence-electron chi connectivity index (χ0n) is 11.6. The predicted octanol–water partition coefficient (Wildman–Crippen LogP) is 1.07. The second-order valence-electron chi connectivity index (χ2n) is 4.35. The maximum atomic E-state index is 12.5. The SMILES string of the molecule is CCCN(C1CCNC1)S(=O)(=O)N(CC)CC.Cl. The Morgan fingerprint density at radius 3 is 2.22 bits per heavy atom. The van der Waals surface area contributed by atoms with Crippen LogP contribution in [0.25, 0.3) is 0 Å². The highest BCUT2D eigenvalue weighted by Gasteiger charge is 2.34. The number of halogens is 1. The summed E-state index contributed by atoms with van der Waals surface area (Å²) in [5.41, 5.74) is 0. The molecule has 7 heteroatoms. The molecule has 1 rings (SSSR count). The number of nitrogens with one attached hydrogen (secondary N) is 1. The van der Waals surface area contributed by atoms with Crippen LogP contribution in [-0.2, 0) is 10.2 Å². The van der Waals surface area contributed by atoms with Gasteiger partial charge in [0.05, 0.1) is 0 Å². The molecule has 1 fully saturated rings. The lowest BCUT2D eigenvalue weighted by molar-refractivity contribution is 0.298. The molecule has 5 nitrogen and oxygen atoms in total. The maximum Gasteiger partial charge on any atom is 0.282 e. The molecular weight excluding hydrogens is 274 g/mol. The van der Waals surface area contributed by atoms with Gasteiger partial charge in [0, 0.05) is 32.2 Å². The molecule has 1 saturated heterocycles. The summed E-state index contributed by atoms with van der Waals surface area (Å²) in [6.07, 6.45) is 1.78. The van der Waals surface area contributed by atoms with Crippen molar-refractivity contribution in [1.29, 1.82) is 0 Å². The van der Waals surface area contributed by atoms with Crippen molar-refractivity contribution in [2.75, 3.05) is 32.7 Å². The lowest BCUT2D eigenvalue weighted by Gasteiger charge is -2.32. The monoisotopic (exact) mass is 299 g/mol. The summed E-state index contributed by atoms with van der Waals surface area (Å²) < 4.78 is 28.2. The highest BCUT2D eigenvalue weighted by Crippen LogP contribution is 2.17. The Labute approximate surface area is 118 Å². The van der Waals surface area contributed by atoms with E-state index in [9.17, 15) is 8.42 Å². The molecule has 18 heavy (non-hydrogen) atoms. The standard InChI is InChI=1S/C11H25N3O2S.ClH/c1-4-9-14(11-7-8-12-10-11)17(15,16)13(5-2)6-3;/h11-12H,4-10H2,1-3H3;1H. The van der Waals surface area contributed by atoms with Crippen LogP contribution < -0.4 is 5.32 Å². The van der Waals surface area contributed by atoms with Crippen LogP contribution in [0.3, 0.4) is 0 Å². The van der Waals surface area contributed by atoms with Gasteiger partial charge in [-0.1, -0.05) is 20.8 Å². The van der Waals surface area contributed by atoms with Gasteiger partial charge in [-0.25, -0.2) is 0 Å². The van der Waals surface area contributed by atoms with E-state index < -0.39 is 10.2 Å². The zero-order valence-corrected chi connectivity index (χ0v) is 13.2. The van der Waals surface area contributed by atoms with Crippen molar-refractivity contribution >= 4 is 22.6 Å². The summed E-state index contributed by atoms with van der Waals surface area (Å²) in [6, 6.07) is 0.126. The Morgan fingerprint density at radius 2 is 1.83 bits per heavy atom. The number of hydrogen-bond donors (Lipinski definition) is 1. The smallest absolute Gasteiger partial charge is 0.282 e. The van der Waals surface area contributed by atoms with Gasteiger partial charge in [0.2, 0.25) is 0 Å². The minimum absolute atomic E-state index is 0. The van der Waals surface area contributed by atoms with E-state index in [1.54, 1.807) is 8.61 Å². The maximum absolute atomic E-state index is 12.5. The Bertz CT molecular complexity index is 314. The van der Waals surface area contributed by atoms with Crippen molar-refractivity contribution in [2.45, 2.75) is 39.7 Å². The van der Waals surface area contributed by atoms with Crippen LogP contribution in [0.15, 0.2) is 0 Å². The van der Waals surface area contributed by atoms with Crippen LogP contribution in [0.1, 0.15) is 33.6 Å². The fourth-order valence-corrected chi connectivity index (χ4v) is 4.21. The Balaban J connectivity index is 0.00000289. The molecule has 1 unspecified atom stereocenters. The van der Waals surface area contributed by atoms with Crippen LogP contribution in [0.2, 0.25) is 0 Å². The summed E-state index contributed by atoms with van der Waals surface area (Å²) in [7, 11) is -3.28. The molecule has 0 radical (unpaired) electrons. The van der Waals surface area contributed by atoms with Crippen molar-refractivity contribution in [3.63, 3.8) is 0 Å². The van der Waals surface area contributed by atoms with E-state index in [0.717, 1.165) is 25.9 Å². The highest BCUT2D eigenvalue weighted by atomic mass is 35.5. The van der Waals surface area contributed by atoms with E-state index in [-0.39, 0.29) is 18.4 Å². The molecule has 0 spiro atoms. The average molecular weight is 300 g/mol. The molecule has 1 aliphatic rings. The molecule has 1 N–H and O–H groups in total. The third-order valence-electron chi connectivity index (χ3n) is 3.21. The fourth-order valence-electron chi connectivity index (χ4n) is 2.29. The Hall–Kier alpha value is 0.120. The first-order chi connectivity index (χ1) is 8.07.